The number of fused-ring (bicyclic) bond motifs is 1. The molecular weight excluding hydrogens is 351 g/mol. The van der Waals surface area contributed by atoms with E-state index in [1.807, 2.05) is 30.5 Å². The Morgan fingerprint density at radius 3 is 2.44 bits per heavy atom. The van der Waals surface area contributed by atoms with Gasteiger partial charge in [-0.25, -0.2) is 4.79 Å². The molecule has 6 heteroatoms. The molecule has 0 aliphatic heterocycles. The Kier molecular flexibility index (Phi) is 11.4. The van der Waals surface area contributed by atoms with Crippen LogP contribution in [0.15, 0.2) is 30.5 Å². The summed E-state index contributed by atoms with van der Waals surface area (Å²) >= 11 is 0. The van der Waals surface area contributed by atoms with E-state index in [0.29, 0.717) is 6.42 Å². The van der Waals surface area contributed by atoms with Gasteiger partial charge in [0.1, 0.15) is 6.04 Å². The molecule has 3 N–H and O–H groups in total. The summed E-state index contributed by atoms with van der Waals surface area (Å²) in [7, 11) is 0. The maximum absolute atomic E-state index is 12.1. The number of aliphatic carboxylic acids is 1. The predicted octanol–water partition coefficient (Wildman–Crippen LogP) is 3.77. The number of nitrogens with one attached hydrogen (secondary N) is 2. The van der Waals surface area contributed by atoms with Gasteiger partial charge in [0, 0.05) is 29.9 Å². The molecule has 0 saturated heterocycles. The first kappa shape index (κ1) is 23.7. The van der Waals surface area contributed by atoms with Gasteiger partial charge in [-0.2, -0.15) is 0 Å². The second-order valence-corrected chi connectivity index (χ2v) is 6.89. The Balaban J connectivity index is 0.00000364. The summed E-state index contributed by atoms with van der Waals surface area (Å²) < 4.78 is 0. The Morgan fingerprint density at radius 1 is 1.07 bits per heavy atom. The summed E-state index contributed by atoms with van der Waals surface area (Å²) in [6.07, 6.45) is 10.5. The van der Waals surface area contributed by atoms with E-state index >= 15 is 0 Å². The molecule has 2 aromatic rings. The zero-order chi connectivity index (χ0) is 18.8. The number of carboxylic acids is 1. The Morgan fingerprint density at radius 2 is 1.74 bits per heavy atom. The van der Waals surface area contributed by atoms with Crippen LogP contribution in [0.4, 0.5) is 0 Å². The quantitative estimate of drug-likeness (QED) is 0.386. The van der Waals surface area contributed by atoms with Crippen LogP contribution in [0.5, 0.6) is 0 Å². The number of amides is 1. The van der Waals surface area contributed by atoms with Crippen molar-refractivity contribution in [3.05, 3.63) is 36.0 Å². The molecule has 0 bridgehead atoms. The number of hydrogen-bond donors (Lipinski definition) is 3. The second-order valence-electron chi connectivity index (χ2n) is 6.89. The molecule has 0 aliphatic carbocycles. The topological polar surface area (TPSA) is 82.2 Å². The molecule has 1 aromatic heterocycles. The minimum absolute atomic E-state index is 0. The molecule has 0 saturated carbocycles. The van der Waals surface area contributed by atoms with E-state index in [9.17, 15) is 14.7 Å². The number of benzene rings is 1. The molecule has 0 fully saturated rings. The molecule has 0 aliphatic rings. The van der Waals surface area contributed by atoms with E-state index in [0.717, 1.165) is 35.7 Å². The first-order valence-corrected chi connectivity index (χ1v) is 9.69. The van der Waals surface area contributed by atoms with Crippen LogP contribution in [0, 0.1) is 0 Å². The number of para-hydroxylation sites is 1. The zero-order valence-corrected chi connectivity index (χ0v) is 15.6. The van der Waals surface area contributed by atoms with E-state index in [-0.39, 0.29) is 41.9 Å². The third-order valence-electron chi connectivity index (χ3n) is 4.74. The van der Waals surface area contributed by atoms with Crippen molar-refractivity contribution in [1.29, 1.82) is 0 Å². The van der Waals surface area contributed by atoms with E-state index in [1.165, 1.54) is 25.7 Å². The second kappa shape index (κ2) is 13.0. The molecule has 1 aromatic carbocycles. The number of carbonyl (C=O) groups excluding carboxylic acids is 1. The number of aromatic amines is 1. The van der Waals surface area contributed by atoms with Crippen LogP contribution < -0.4 is 5.32 Å². The standard InChI is InChI=1S/C21H30N2O3.Na.H/c1-2-3-4-5-6-7-8-13-20(24)23-19(21(25)26)14-16-15-22-18-12-10-9-11-17(16)18;;/h9-12,15,19,22H,2-8,13-14H2,1H3,(H,23,24)(H,25,26);;/t19-;;/m0../s1. The van der Waals surface area contributed by atoms with E-state index < -0.39 is 12.0 Å². The Labute approximate surface area is 183 Å². The van der Waals surface area contributed by atoms with Crippen LogP contribution in [-0.4, -0.2) is 57.6 Å². The minimum atomic E-state index is -0.997. The average Bonchev–Trinajstić information content (AvgIpc) is 3.03. The Hall–Kier alpha value is -1.30. The SMILES string of the molecule is CCCCCCCCCC(=O)N[C@@H](Cc1c[nH]c2ccccc12)C(=O)O.[NaH]. The third-order valence-corrected chi connectivity index (χ3v) is 4.74. The van der Waals surface area contributed by atoms with Crippen molar-refractivity contribution in [2.75, 3.05) is 0 Å². The van der Waals surface area contributed by atoms with Crippen molar-refractivity contribution in [2.24, 2.45) is 0 Å². The van der Waals surface area contributed by atoms with Gasteiger partial charge in [0.05, 0.1) is 0 Å². The summed E-state index contributed by atoms with van der Waals surface area (Å²) in [5, 5.41) is 13.1. The van der Waals surface area contributed by atoms with Crippen LogP contribution in [-0.2, 0) is 16.0 Å². The molecule has 27 heavy (non-hydrogen) atoms. The van der Waals surface area contributed by atoms with Gasteiger partial charge in [0.15, 0.2) is 0 Å². The van der Waals surface area contributed by atoms with E-state index in [2.05, 4.69) is 17.2 Å². The van der Waals surface area contributed by atoms with Crippen molar-refractivity contribution >= 4 is 52.3 Å². The Bertz CT molecular complexity index is 714. The summed E-state index contributed by atoms with van der Waals surface area (Å²) in [6, 6.07) is 6.87. The normalized spacial score (nSPS) is 11.7. The summed E-state index contributed by atoms with van der Waals surface area (Å²) in [6.45, 7) is 2.19. The maximum atomic E-state index is 12.1. The molecule has 5 nitrogen and oxygen atoms in total. The van der Waals surface area contributed by atoms with Crippen LogP contribution in [0.3, 0.4) is 0 Å². The molecule has 0 spiro atoms. The molecule has 144 valence electrons. The molecule has 1 atom stereocenters. The molecule has 1 heterocycles. The number of rotatable bonds is 12. The monoisotopic (exact) mass is 382 g/mol. The number of H-pyrrole nitrogens is 1. The molecule has 0 unspecified atom stereocenters. The number of hydrogen-bond acceptors (Lipinski definition) is 2. The molecule has 0 radical (unpaired) electrons. The van der Waals surface area contributed by atoms with Crippen LogP contribution >= 0.6 is 0 Å². The number of unbranched alkanes of at least 4 members (excludes halogenated alkanes) is 6. The van der Waals surface area contributed by atoms with Crippen molar-refractivity contribution < 1.29 is 14.7 Å². The summed E-state index contributed by atoms with van der Waals surface area (Å²) in [4.78, 5) is 26.8. The van der Waals surface area contributed by atoms with Gasteiger partial charge in [0.25, 0.3) is 0 Å². The van der Waals surface area contributed by atoms with Crippen molar-refractivity contribution in [1.82, 2.24) is 10.3 Å². The molecule has 1 amide bonds. The van der Waals surface area contributed by atoms with Crippen LogP contribution in [0.1, 0.15) is 63.9 Å². The summed E-state index contributed by atoms with van der Waals surface area (Å²) in [5.41, 5.74) is 1.88. The van der Waals surface area contributed by atoms with Crippen molar-refractivity contribution in [3.63, 3.8) is 0 Å². The van der Waals surface area contributed by atoms with Gasteiger partial charge >= 0.3 is 35.5 Å². The molecular formula is C21H31N2NaO3. The fraction of sp³-hybridized carbons (Fsp3) is 0.524. The van der Waals surface area contributed by atoms with E-state index in [1.54, 1.807) is 0 Å². The van der Waals surface area contributed by atoms with Gasteiger partial charge in [0.2, 0.25) is 5.91 Å². The number of aromatic nitrogens is 1. The van der Waals surface area contributed by atoms with Gasteiger partial charge in [-0.15, -0.1) is 0 Å². The van der Waals surface area contributed by atoms with Crippen LogP contribution in [0.2, 0.25) is 0 Å². The third kappa shape index (κ3) is 8.08. The predicted molar refractivity (Wildman–Crippen MR) is 111 cm³/mol. The fourth-order valence-electron chi connectivity index (χ4n) is 3.23. The van der Waals surface area contributed by atoms with Gasteiger partial charge in [-0.3, -0.25) is 4.79 Å². The van der Waals surface area contributed by atoms with Gasteiger partial charge in [-0.1, -0.05) is 63.6 Å². The fourth-order valence-corrected chi connectivity index (χ4v) is 3.23. The first-order chi connectivity index (χ1) is 12.6. The van der Waals surface area contributed by atoms with Crippen LogP contribution in [0.25, 0.3) is 10.9 Å². The summed E-state index contributed by atoms with van der Waals surface area (Å²) in [5.74, 6) is -1.17. The van der Waals surface area contributed by atoms with Gasteiger partial charge in [-0.05, 0) is 18.1 Å². The van der Waals surface area contributed by atoms with E-state index in [4.69, 9.17) is 0 Å². The van der Waals surface area contributed by atoms with Crippen molar-refractivity contribution in [3.8, 4) is 0 Å². The molecule has 2 rings (SSSR count). The number of carbonyl (C=O) groups is 2. The zero-order valence-electron chi connectivity index (χ0n) is 15.6. The van der Waals surface area contributed by atoms with Gasteiger partial charge < -0.3 is 15.4 Å². The average molecular weight is 382 g/mol. The van der Waals surface area contributed by atoms with Crippen molar-refractivity contribution in [2.45, 2.75) is 70.8 Å². The first-order valence-electron chi connectivity index (χ1n) is 9.69. The number of carboxylic acid groups (broad SMARTS) is 1.